The van der Waals surface area contributed by atoms with E-state index < -0.39 is 0 Å². The Morgan fingerprint density at radius 1 is 1.24 bits per heavy atom. The summed E-state index contributed by atoms with van der Waals surface area (Å²) in [4.78, 5) is 2.35. The SMILES string of the molecule is CCN(CC)c1ccc(Cl)cc1CNC(C)C. The first-order valence-electron chi connectivity index (χ1n) is 6.35. The molecule has 1 rings (SSSR count). The third-order valence-electron chi connectivity index (χ3n) is 2.85. The lowest BCUT2D eigenvalue weighted by Gasteiger charge is -2.25. The maximum atomic E-state index is 6.08. The van der Waals surface area contributed by atoms with E-state index in [2.05, 4.69) is 50.0 Å². The minimum absolute atomic E-state index is 0.485. The van der Waals surface area contributed by atoms with Gasteiger partial charge in [0, 0.05) is 36.4 Å². The van der Waals surface area contributed by atoms with E-state index in [1.165, 1.54) is 11.3 Å². The number of hydrogen-bond donors (Lipinski definition) is 1. The van der Waals surface area contributed by atoms with E-state index >= 15 is 0 Å². The Labute approximate surface area is 110 Å². The van der Waals surface area contributed by atoms with Crippen molar-refractivity contribution in [1.29, 1.82) is 0 Å². The van der Waals surface area contributed by atoms with Crippen molar-refractivity contribution in [3.63, 3.8) is 0 Å². The summed E-state index contributed by atoms with van der Waals surface area (Å²) in [5.74, 6) is 0. The lowest BCUT2D eigenvalue weighted by atomic mass is 10.1. The Balaban J connectivity index is 2.94. The Morgan fingerprint density at radius 2 is 1.88 bits per heavy atom. The average Bonchev–Trinajstić information content (AvgIpc) is 2.30. The van der Waals surface area contributed by atoms with Gasteiger partial charge in [-0.15, -0.1) is 0 Å². The Kier molecular flexibility index (Phi) is 5.79. The maximum Gasteiger partial charge on any atom is 0.0412 e. The van der Waals surface area contributed by atoms with Crippen LogP contribution in [0.3, 0.4) is 0 Å². The van der Waals surface area contributed by atoms with Crippen LogP contribution < -0.4 is 10.2 Å². The first kappa shape index (κ1) is 14.3. The molecule has 1 N–H and O–H groups in total. The lowest BCUT2D eigenvalue weighted by Crippen LogP contribution is -2.26. The molecule has 0 unspecified atom stereocenters. The molecule has 0 spiro atoms. The van der Waals surface area contributed by atoms with Crippen LogP contribution in [0, 0.1) is 0 Å². The number of benzene rings is 1. The second-order valence-electron chi connectivity index (χ2n) is 4.48. The average molecular weight is 255 g/mol. The molecule has 0 aliphatic carbocycles. The van der Waals surface area contributed by atoms with Gasteiger partial charge < -0.3 is 10.2 Å². The zero-order valence-corrected chi connectivity index (χ0v) is 12.0. The minimum Gasteiger partial charge on any atom is -0.372 e. The van der Waals surface area contributed by atoms with E-state index in [4.69, 9.17) is 11.6 Å². The number of anilines is 1. The van der Waals surface area contributed by atoms with Crippen molar-refractivity contribution in [2.75, 3.05) is 18.0 Å². The van der Waals surface area contributed by atoms with Crippen molar-refractivity contribution in [2.24, 2.45) is 0 Å². The molecule has 0 heterocycles. The van der Waals surface area contributed by atoms with E-state index in [-0.39, 0.29) is 0 Å². The maximum absolute atomic E-state index is 6.08. The van der Waals surface area contributed by atoms with Crippen LogP contribution in [0.25, 0.3) is 0 Å². The molecule has 1 aromatic carbocycles. The largest absolute Gasteiger partial charge is 0.372 e. The van der Waals surface area contributed by atoms with Crippen LogP contribution in [0.2, 0.25) is 5.02 Å². The zero-order chi connectivity index (χ0) is 12.8. The highest BCUT2D eigenvalue weighted by atomic mass is 35.5. The van der Waals surface area contributed by atoms with Crippen molar-refractivity contribution in [2.45, 2.75) is 40.3 Å². The molecule has 0 bridgehead atoms. The van der Waals surface area contributed by atoms with E-state index in [0.29, 0.717) is 6.04 Å². The van der Waals surface area contributed by atoms with E-state index in [1.807, 2.05) is 6.07 Å². The summed E-state index contributed by atoms with van der Waals surface area (Å²) >= 11 is 6.08. The third-order valence-corrected chi connectivity index (χ3v) is 3.08. The van der Waals surface area contributed by atoms with Crippen molar-refractivity contribution < 1.29 is 0 Å². The van der Waals surface area contributed by atoms with Gasteiger partial charge in [0.1, 0.15) is 0 Å². The van der Waals surface area contributed by atoms with Crippen molar-refractivity contribution in [1.82, 2.24) is 5.32 Å². The molecule has 0 fully saturated rings. The van der Waals surface area contributed by atoms with E-state index in [1.54, 1.807) is 0 Å². The first-order chi connectivity index (χ1) is 8.08. The van der Waals surface area contributed by atoms with Crippen molar-refractivity contribution in [3.05, 3.63) is 28.8 Å². The molecular formula is C14H23ClN2. The topological polar surface area (TPSA) is 15.3 Å². The van der Waals surface area contributed by atoms with Gasteiger partial charge in [0.05, 0.1) is 0 Å². The predicted octanol–water partition coefficient (Wildman–Crippen LogP) is 3.68. The van der Waals surface area contributed by atoms with Crippen LogP contribution >= 0.6 is 11.6 Å². The van der Waals surface area contributed by atoms with Crippen LogP contribution in [0.5, 0.6) is 0 Å². The molecule has 0 atom stereocenters. The smallest absolute Gasteiger partial charge is 0.0412 e. The summed E-state index contributed by atoms with van der Waals surface area (Å²) in [7, 11) is 0. The molecule has 0 aliphatic heterocycles. The van der Waals surface area contributed by atoms with Gasteiger partial charge in [0.25, 0.3) is 0 Å². The van der Waals surface area contributed by atoms with Crippen LogP contribution in [0.15, 0.2) is 18.2 Å². The van der Waals surface area contributed by atoms with Gasteiger partial charge in [0.2, 0.25) is 0 Å². The fourth-order valence-corrected chi connectivity index (χ4v) is 2.08. The van der Waals surface area contributed by atoms with Gasteiger partial charge >= 0.3 is 0 Å². The van der Waals surface area contributed by atoms with Gasteiger partial charge in [-0.1, -0.05) is 25.4 Å². The molecule has 96 valence electrons. The molecular weight excluding hydrogens is 232 g/mol. The first-order valence-corrected chi connectivity index (χ1v) is 6.73. The molecule has 3 heteroatoms. The number of halogens is 1. The lowest BCUT2D eigenvalue weighted by molar-refractivity contribution is 0.588. The van der Waals surface area contributed by atoms with Crippen LogP contribution in [-0.4, -0.2) is 19.1 Å². The number of rotatable bonds is 6. The molecule has 0 saturated carbocycles. The minimum atomic E-state index is 0.485. The summed E-state index contributed by atoms with van der Waals surface area (Å²) in [6.07, 6.45) is 0. The Bertz CT molecular complexity index is 346. The molecule has 17 heavy (non-hydrogen) atoms. The number of hydrogen-bond acceptors (Lipinski definition) is 2. The fourth-order valence-electron chi connectivity index (χ4n) is 1.88. The molecule has 1 aromatic rings. The summed E-state index contributed by atoms with van der Waals surface area (Å²) in [6.45, 7) is 11.6. The highest BCUT2D eigenvalue weighted by Crippen LogP contribution is 2.24. The standard InChI is InChI=1S/C14H23ClN2/c1-5-17(6-2)14-8-7-13(15)9-12(14)10-16-11(3)4/h7-9,11,16H,5-6,10H2,1-4H3. The third kappa shape index (κ3) is 4.21. The highest BCUT2D eigenvalue weighted by Gasteiger charge is 2.09. The fraction of sp³-hybridized carbons (Fsp3) is 0.571. The van der Waals surface area contributed by atoms with E-state index in [9.17, 15) is 0 Å². The van der Waals surface area contributed by atoms with Crippen LogP contribution in [0.1, 0.15) is 33.3 Å². The zero-order valence-electron chi connectivity index (χ0n) is 11.3. The second-order valence-corrected chi connectivity index (χ2v) is 4.92. The summed E-state index contributed by atoms with van der Waals surface area (Å²) in [5.41, 5.74) is 2.56. The molecule has 0 amide bonds. The summed E-state index contributed by atoms with van der Waals surface area (Å²) in [5, 5.41) is 4.25. The monoisotopic (exact) mass is 254 g/mol. The highest BCUT2D eigenvalue weighted by molar-refractivity contribution is 6.30. The normalized spacial score (nSPS) is 10.9. The van der Waals surface area contributed by atoms with Gasteiger partial charge in [-0.25, -0.2) is 0 Å². The van der Waals surface area contributed by atoms with Gasteiger partial charge in [0.15, 0.2) is 0 Å². The Morgan fingerprint density at radius 3 is 2.41 bits per heavy atom. The predicted molar refractivity (Wildman–Crippen MR) is 77.0 cm³/mol. The van der Waals surface area contributed by atoms with Gasteiger partial charge in [-0.3, -0.25) is 0 Å². The molecule has 0 saturated heterocycles. The second kappa shape index (κ2) is 6.87. The van der Waals surface area contributed by atoms with Crippen LogP contribution in [0.4, 0.5) is 5.69 Å². The number of nitrogens with zero attached hydrogens (tertiary/aromatic N) is 1. The summed E-state index contributed by atoms with van der Waals surface area (Å²) < 4.78 is 0. The molecule has 0 radical (unpaired) electrons. The Hall–Kier alpha value is -0.730. The molecule has 2 nitrogen and oxygen atoms in total. The van der Waals surface area contributed by atoms with Crippen molar-refractivity contribution in [3.8, 4) is 0 Å². The molecule has 0 aromatic heterocycles. The summed E-state index contributed by atoms with van der Waals surface area (Å²) in [6, 6.07) is 6.63. The van der Waals surface area contributed by atoms with E-state index in [0.717, 1.165) is 24.7 Å². The molecule has 0 aliphatic rings. The van der Waals surface area contributed by atoms with Crippen molar-refractivity contribution >= 4 is 17.3 Å². The van der Waals surface area contributed by atoms with Gasteiger partial charge in [-0.2, -0.15) is 0 Å². The number of nitrogens with one attached hydrogen (secondary N) is 1. The quantitative estimate of drug-likeness (QED) is 0.833. The van der Waals surface area contributed by atoms with Gasteiger partial charge in [-0.05, 0) is 37.6 Å². The van der Waals surface area contributed by atoms with Crippen LogP contribution in [-0.2, 0) is 6.54 Å².